The number of hydrogen-bond donors (Lipinski definition) is 1. The number of rotatable bonds is 4. The highest BCUT2D eigenvalue weighted by Crippen LogP contribution is 2.29. The summed E-state index contributed by atoms with van der Waals surface area (Å²) in [6.07, 6.45) is 2.58. The van der Waals surface area contributed by atoms with E-state index >= 15 is 0 Å². The summed E-state index contributed by atoms with van der Waals surface area (Å²) in [5, 5.41) is 2.57. The molecular formula is C18H22N2O2. The minimum atomic E-state index is -0.201. The Morgan fingerprint density at radius 2 is 2.00 bits per heavy atom. The topological polar surface area (TPSA) is 45.5 Å². The highest BCUT2D eigenvalue weighted by atomic mass is 16.3. The molecule has 1 aromatic carbocycles. The number of nitrogens with one attached hydrogen (secondary N) is 1. The van der Waals surface area contributed by atoms with Gasteiger partial charge in [-0.3, -0.25) is 9.69 Å². The molecule has 0 spiro atoms. The molecule has 4 nitrogen and oxygen atoms in total. The van der Waals surface area contributed by atoms with E-state index in [1.54, 1.807) is 13.1 Å². The number of amides is 1. The van der Waals surface area contributed by atoms with Crippen molar-refractivity contribution in [1.29, 1.82) is 0 Å². The third-order valence-electron chi connectivity index (χ3n) is 4.40. The number of furan rings is 1. The van der Waals surface area contributed by atoms with E-state index < -0.39 is 0 Å². The van der Waals surface area contributed by atoms with E-state index in [2.05, 4.69) is 35.3 Å². The lowest BCUT2D eigenvalue weighted by atomic mass is 10.0. The Morgan fingerprint density at radius 1 is 1.23 bits per heavy atom. The first-order chi connectivity index (χ1) is 10.7. The lowest BCUT2D eigenvalue weighted by Gasteiger charge is -2.24. The fourth-order valence-electron chi connectivity index (χ4n) is 3.03. The van der Waals surface area contributed by atoms with Gasteiger partial charge in [0.2, 0.25) is 0 Å². The third-order valence-corrected chi connectivity index (χ3v) is 4.40. The molecule has 2 aromatic rings. The van der Waals surface area contributed by atoms with Crippen molar-refractivity contribution in [2.24, 2.45) is 0 Å². The molecule has 4 heteroatoms. The van der Waals surface area contributed by atoms with Crippen LogP contribution in [0.5, 0.6) is 0 Å². The highest BCUT2D eigenvalue weighted by molar-refractivity contribution is 5.91. The molecule has 1 N–H and O–H groups in total. The minimum absolute atomic E-state index is 0.201. The maximum atomic E-state index is 11.6. The second-order valence-corrected chi connectivity index (χ2v) is 5.79. The van der Waals surface area contributed by atoms with Crippen molar-refractivity contribution in [2.45, 2.75) is 25.8 Å². The van der Waals surface area contributed by atoms with Gasteiger partial charge in [0, 0.05) is 18.7 Å². The van der Waals surface area contributed by atoms with Crippen LogP contribution in [0.2, 0.25) is 0 Å². The normalized spacial score (nSPS) is 16.6. The van der Waals surface area contributed by atoms with Crippen molar-refractivity contribution in [2.75, 3.05) is 20.1 Å². The van der Waals surface area contributed by atoms with Crippen molar-refractivity contribution in [1.82, 2.24) is 10.2 Å². The van der Waals surface area contributed by atoms with E-state index in [9.17, 15) is 4.79 Å². The number of hydrogen-bond acceptors (Lipinski definition) is 3. The van der Waals surface area contributed by atoms with Crippen LogP contribution in [-0.4, -0.2) is 30.9 Å². The Kier molecular flexibility index (Phi) is 4.29. The third kappa shape index (κ3) is 2.92. The van der Waals surface area contributed by atoms with Crippen LogP contribution in [0.1, 0.15) is 41.9 Å². The van der Waals surface area contributed by atoms with Crippen LogP contribution in [-0.2, 0) is 0 Å². The van der Waals surface area contributed by atoms with Gasteiger partial charge in [0.05, 0.1) is 0 Å². The van der Waals surface area contributed by atoms with Crippen molar-refractivity contribution >= 4 is 5.91 Å². The lowest BCUT2D eigenvalue weighted by molar-refractivity contribution is 0.0936. The smallest absolute Gasteiger partial charge is 0.286 e. The van der Waals surface area contributed by atoms with Gasteiger partial charge in [-0.05, 0) is 56.6 Å². The predicted molar refractivity (Wildman–Crippen MR) is 86.8 cm³/mol. The molecule has 0 saturated carbocycles. The van der Waals surface area contributed by atoms with Gasteiger partial charge in [0.15, 0.2) is 5.76 Å². The molecule has 1 aliphatic heterocycles. The van der Waals surface area contributed by atoms with Gasteiger partial charge in [-0.25, -0.2) is 0 Å². The maximum Gasteiger partial charge on any atom is 0.286 e. The van der Waals surface area contributed by atoms with Gasteiger partial charge in [0.1, 0.15) is 5.76 Å². The summed E-state index contributed by atoms with van der Waals surface area (Å²) in [6, 6.07) is 12.4. The maximum absolute atomic E-state index is 11.6. The molecule has 1 fully saturated rings. The van der Waals surface area contributed by atoms with E-state index in [-0.39, 0.29) is 5.91 Å². The summed E-state index contributed by atoms with van der Waals surface area (Å²) in [6.45, 7) is 4.60. The Labute approximate surface area is 131 Å². The zero-order valence-corrected chi connectivity index (χ0v) is 13.1. The fourth-order valence-corrected chi connectivity index (χ4v) is 3.03. The van der Waals surface area contributed by atoms with Gasteiger partial charge in [-0.2, -0.15) is 0 Å². The summed E-state index contributed by atoms with van der Waals surface area (Å²) in [5.74, 6) is 0.873. The molecule has 0 aliphatic carbocycles. The number of carbonyl (C=O) groups is 1. The van der Waals surface area contributed by atoms with Crippen LogP contribution < -0.4 is 5.32 Å². The second-order valence-electron chi connectivity index (χ2n) is 5.79. The zero-order valence-electron chi connectivity index (χ0n) is 13.1. The molecule has 1 saturated heterocycles. The zero-order chi connectivity index (χ0) is 15.5. The van der Waals surface area contributed by atoms with E-state index in [1.165, 1.54) is 31.5 Å². The minimum Gasteiger partial charge on any atom is -0.451 e. The van der Waals surface area contributed by atoms with Gasteiger partial charge >= 0.3 is 0 Å². The Hall–Kier alpha value is -2.07. The lowest BCUT2D eigenvalue weighted by Crippen LogP contribution is -2.23. The largest absolute Gasteiger partial charge is 0.451 e. The van der Waals surface area contributed by atoms with Crippen LogP contribution in [0.3, 0.4) is 0 Å². The number of carbonyl (C=O) groups excluding carboxylic acids is 1. The Morgan fingerprint density at radius 3 is 2.73 bits per heavy atom. The molecule has 0 bridgehead atoms. The number of nitrogens with zero attached hydrogens (tertiary/aromatic N) is 1. The summed E-state index contributed by atoms with van der Waals surface area (Å²) < 4.78 is 5.66. The quantitative estimate of drug-likeness (QED) is 0.940. The number of benzene rings is 1. The second kappa shape index (κ2) is 6.36. The van der Waals surface area contributed by atoms with Gasteiger partial charge in [0.25, 0.3) is 5.91 Å². The molecule has 1 unspecified atom stereocenters. The summed E-state index contributed by atoms with van der Waals surface area (Å²) in [5.41, 5.74) is 2.30. The molecule has 1 aromatic heterocycles. The van der Waals surface area contributed by atoms with Gasteiger partial charge in [-0.15, -0.1) is 0 Å². The predicted octanol–water partition coefficient (Wildman–Crippen LogP) is 3.46. The van der Waals surface area contributed by atoms with Crippen LogP contribution in [0.4, 0.5) is 0 Å². The molecule has 3 rings (SSSR count). The molecule has 22 heavy (non-hydrogen) atoms. The highest BCUT2D eigenvalue weighted by Gasteiger charge is 2.20. The van der Waals surface area contributed by atoms with Gasteiger partial charge < -0.3 is 9.73 Å². The average Bonchev–Trinajstić information content (AvgIpc) is 3.25. The molecule has 2 heterocycles. The average molecular weight is 298 g/mol. The summed E-state index contributed by atoms with van der Waals surface area (Å²) >= 11 is 0. The molecule has 116 valence electrons. The monoisotopic (exact) mass is 298 g/mol. The van der Waals surface area contributed by atoms with E-state index in [1.807, 2.05) is 12.1 Å². The molecule has 1 aliphatic rings. The van der Waals surface area contributed by atoms with Crippen LogP contribution in [0.15, 0.2) is 40.8 Å². The van der Waals surface area contributed by atoms with Crippen LogP contribution in [0, 0.1) is 0 Å². The van der Waals surface area contributed by atoms with E-state index in [0.717, 1.165) is 11.3 Å². The van der Waals surface area contributed by atoms with Crippen molar-refractivity contribution in [3.05, 3.63) is 47.7 Å². The fraction of sp³-hybridized carbons (Fsp3) is 0.389. The SMILES string of the molecule is CNC(=O)c1ccc(-c2cccc(C(C)N3CCCC3)c2)o1. The Balaban J connectivity index is 1.84. The first-order valence-corrected chi connectivity index (χ1v) is 7.85. The molecular weight excluding hydrogens is 276 g/mol. The first-order valence-electron chi connectivity index (χ1n) is 7.85. The van der Waals surface area contributed by atoms with E-state index in [0.29, 0.717) is 11.8 Å². The van der Waals surface area contributed by atoms with Crippen molar-refractivity contribution in [3.8, 4) is 11.3 Å². The molecule has 1 amide bonds. The van der Waals surface area contributed by atoms with E-state index in [4.69, 9.17) is 4.42 Å². The van der Waals surface area contributed by atoms with Gasteiger partial charge in [-0.1, -0.05) is 18.2 Å². The molecule has 1 atom stereocenters. The summed E-state index contributed by atoms with van der Waals surface area (Å²) in [4.78, 5) is 14.1. The molecule has 0 radical (unpaired) electrons. The number of likely N-dealkylation sites (tertiary alicyclic amines) is 1. The summed E-state index contributed by atoms with van der Waals surface area (Å²) in [7, 11) is 1.60. The van der Waals surface area contributed by atoms with Crippen molar-refractivity contribution in [3.63, 3.8) is 0 Å². The van der Waals surface area contributed by atoms with Crippen LogP contribution >= 0.6 is 0 Å². The van der Waals surface area contributed by atoms with Crippen LogP contribution in [0.25, 0.3) is 11.3 Å². The Bertz CT molecular complexity index is 657. The standard InChI is InChI=1S/C18H22N2O2/c1-13(20-10-3-4-11-20)14-6-5-7-15(12-14)16-8-9-17(22-16)18(21)19-2/h5-9,12-13H,3-4,10-11H2,1-2H3,(H,19,21). The van der Waals surface area contributed by atoms with Crippen molar-refractivity contribution < 1.29 is 9.21 Å². The first kappa shape index (κ1) is 14.9.